The Balaban J connectivity index is 2.65. The molecule has 0 aliphatic heterocycles. The van der Waals surface area contributed by atoms with Crippen LogP contribution in [0.4, 0.5) is 0 Å². The molecule has 0 aromatic heterocycles. The Hall–Kier alpha value is 0.950. The van der Waals surface area contributed by atoms with Gasteiger partial charge in [0.2, 0.25) is 0 Å². The van der Waals surface area contributed by atoms with E-state index in [2.05, 4.69) is 0 Å². The predicted molar refractivity (Wildman–Crippen MR) is 52.5 cm³/mol. The van der Waals surface area contributed by atoms with Gasteiger partial charge in [-0.05, 0) is 0 Å². The van der Waals surface area contributed by atoms with Gasteiger partial charge in [0.15, 0.2) is 0 Å². The molecule has 1 N–H and O–H groups in total. The molecule has 0 aromatic carbocycles. The maximum atomic E-state index is 8.42. The first-order valence-electron chi connectivity index (χ1n) is 3.24. The smallest absolute Gasteiger partial charge is 0.0521 e. The molecule has 0 unspecified atom stereocenters. The molecule has 0 bridgehead atoms. The number of halogens is 1. The SMILES string of the molecule is OCCSCCSCCCl. The van der Waals surface area contributed by atoms with Crippen molar-refractivity contribution in [2.45, 2.75) is 0 Å². The zero-order valence-corrected chi connectivity index (χ0v) is 8.27. The maximum absolute atomic E-state index is 8.42. The summed E-state index contributed by atoms with van der Waals surface area (Å²) in [6.45, 7) is 0.296. The third kappa shape index (κ3) is 8.95. The summed E-state index contributed by atoms with van der Waals surface area (Å²) in [5.74, 6) is 4.93. The van der Waals surface area contributed by atoms with E-state index in [1.807, 2.05) is 11.8 Å². The van der Waals surface area contributed by atoms with Gasteiger partial charge < -0.3 is 5.11 Å². The molecule has 1 nitrogen and oxygen atoms in total. The van der Waals surface area contributed by atoms with Gasteiger partial charge in [-0.1, -0.05) is 0 Å². The van der Waals surface area contributed by atoms with Crippen molar-refractivity contribution >= 4 is 35.1 Å². The standard InChI is InChI=1S/C6H13ClOS2/c7-1-3-9-5-6-10-4-2-8/h8H,1-6H2. The molecule has 0 atom stereocenters. The summed E-state index contributed by atoms with van der Waals surface area (Å²) in [5, 5.41) is 8.42. The number of hydrogen-bond acceptors (Lipinski definition) is 3. The van der Waals surface area contributed by atoms with Crippen molar-refractivity contribution in [3.05, 3.63) is 0 Å². The minimum atomic E-state index is 0.296. The molecule has 0 rings (SSSR count). The summed E-state index contributed by atoms with van der Waals surface area (Å²) < 4.78 is 0. The van der Waals surface area contributed by atoms with E-state index >= 15 is 0 Å². The second kappa shape index (κ2) is 9.95. The van der Waals surface area contributed by atoms with Crippen LogP contribution in [0.1, 0.15) is 0 Å². The molecule has 4 heteroatoms. The van der Waals surface area contributed by atoms with E-state index in [4.69, 9.17) is 16.7 Å². The zero-order chi connectivity index (χ0) is 7.66. The van der Waals surface area contributed by atoms with Gasteiger partial charge in [-0.2, -0.15) is 23.5 Å². The van der Waals surface area contributed by atoms with Crippen molar-refractivity contribution < 1.29 is 5.11 Å². The van der Waals surface area contributed by atoms with E-state index in [-0.39, 0.29) is 0 Å². The van der Waals surface area contributed by atoms with Gasteiger partial charge in [0.1, 0.15) is 0 Å². The number of hydrogen-bond donors (Lipinski definition) is 1. The number of aliphatic hydroxyl groups is 1. The van der Waals surface area contributed by atoms with Crippen LogP contribution in [0.3, 0.4) is 0 Å². The zero-order valence-electron chi connectivity index (χ0n) is 5.88. The maximum Gasteiger partial charge on any atom is 0.0521 e. The molecule has 0 aliphatic carbocycles. The van der Waals surface area contributed by atoms with Gasteiger partial charge in [0, 0.05) is 28.9 Å². The van der Waals surface area contributed by atoms with Gasteiger partial charge >= 0.3 is 0 Å². The Morgan fingerprint density at radius 2 is 1.60 bits per heavy atom. The third-order valence-electron chi connectivity index (χ3n) is 0.829. The van der Waals surface area contributed by atoms with Crippen LogP contribution in [-0.4, -0.2) is 40.6 Å². The minimum absolute atomic E-state index is 0.296. The molecule has 10 heavy (non-hydrogen) atoms. The van der Waals surface area contributed by atoms with Crippen molar-refractivity contribution in [1.82, 2.24) is 0 Å². The van der Waals surface area contributed by atoms with Crippen LogP contribution < -0.4 is 0 Å². The van der Waals surface area contributed by atoms with E-state index in [0.29, 0.717) is 6.61 Å². The Morgan fingerprint density at radius 3 is 2.10 bits per heavy atom. The number of alkyl halides is 1. The van der Waals surface area contributed by atoms with Crippen LogP contribution in [0.2, 0.25) is 0 Å². The molecule has 0 spiro atoms. The lowest BCUT2D eigenvalue weighted by Crippen LogP contribution is -1.91. The van der Waals surface area contributed by atoms with Crippen molar-refractivity contribution in [3.63, 3.8) is 0 Å². The Morgan fingerprint density at radius 1 is 1.00 bits per heavy atom. The lowest BCUT2D eigenvalue weighted by molar-refractivity contribution is 0.322. The molecule has 0 aliphatic rings. The number of rotatable bonds is 7. The molecule has 0 heterocycles. The highest BCUT2D eigenvalue weighted by atomic mass is 35.5. The normalized spacial score (nSPS) is 10.2. The fourth-order valence-corrected chi connectivity index (χ4v) is 2.36. The fraction of sp³-hybridized carbons (Fsp3) is 1.00. The summed E-state index contributed by atoms with van der Waals surface area (Å²) in [4.78, 5) is 0. The summed E-state index contributed by atoms with van der Waals surface area (Å²) in [7, 11) is 0. The van der Waals surface area contributed by atoms with Gasteiger partial charge in [0.05, 0.1) is 6.61 Å². The van der Waals surface area contributed by atoms with Crippen molar-refractivity contribution in [2.24, 2.45) is 0 Å². The number of aliphatic hydroxyl groups excluding tert-OH is 1. The highest BCUT2D eigenvalue weighted by Gasteiger charge is 1.88. The van der Waals surface area contributed by atoms with E-state index < -0.39 is 0 Å². The van der Waals surface area contributed by atoms with Gasteiger partial charge in [0.25, 0.3) is 0 Å². The summed E-state index contributed by atoms with van der Waals surface area (Å²) in [6, 6.07) is 0. The van der Waals surface area contributed by atoms with Crippen LogP contribution in [0.25, 0.3) is 0 Å². The largest absolute Gasteiger partial charge is 0.396 e. The third-order valence-corrected chi connectivity index (χ3v) is 3.45. The van der Waals surface area contributed by atoms with Gasteiger partial charge in [-0.25, -0.2) is 0 Å². The second-order valence-corrected chi connectivity index (χ2v) is 4.46. The van der Waals surface area contributed by atoms with Crippen LogP contribution in [0.15, 0.2) is 0 Å². The Bertz CT molecular complexity index is 55.7. The first-order chi connectivity index (χ1) is 4.91. The summed E-state index contributed by atoms with van der Waals surface area (Å²) >= 11 is 9.13. The summed E-state index contributed by atoms with van der Waals surface area (Å²) in [6.07, 6.45) is 0. The van der Waals surface area contributed by atoms with Gasteiger partial charge in [-0.3, -0.25) is 0 Å². The van der Waals surface area contributed by atoms with Crippen molar-refractivity contribution in [2.75, 3.05) is 35.5 Å². The molecule has 0 aromatic rings. The second-order valence-electron chi connectivity index (χ2n) is 1.64. The van der Waals surface area contributed by atoms with E-state index in [9.17, 15) is 0 Å². The van der Waals surface area contributed by atoms with Crippen LogP contribution in [0.5, 0.6) is 0 Å². The highest BCUT2D eigenvalue weighted by molar-refractivity contribution is 8.02. The Labute approximate surface area is 75.9 Å². The monoisotopic (exact) mass is 200 g/mol. The van der Waals surface area contributed by atoms with Crippen LogP contribution >= 0.6 is 35.1 Å². The van der Waals surface area contributed by atoms with Gasteiger partial charge in [-0.15, -0.1) is 11.6 Å². The fourth-order valence-electron chi connectivity index (χ4n) is 0.441. The molecular weight excluding hydrogens is 188 g/mol. The minimum Gasteiger partial charge on any atom is -0.396 e. The van der Waals surface area contributed by atoms with E-state index in [1.54, 1.807) is 11.8 Å². The van der Waals surface area contributed by atoms with E-state index in [1.165, 1.54) is 0 Å². The topological polar surface area (TPSA) is 20.2 Å². The lowest BCUT2D eigenvalue weighted by atomic mass is 10.9. The molecular formula is C6H13ClOS2. The molecule has 0 fully saturated rings. The average molecular weight is 201 g/mol. The molecule has 62 valence electrons. The summed E-state index contributed by atoms with van der Waals surface area (Å²) in [5.41, 5.74) is 0. The quantitative estimate of drug-likeness (QED) is 0.499. The average Bonchev–Trinajstić information content (AvgIpc) is 1.97. The highest BCUT2D eigenvalue weighted by Crippen LogP contribution is 2.06. The molecule has 0 amide bonds. The first kappa shape index (κ1) is 11.0. The predicted octanol–water partition coefficient (Wildman–Crippen LogP) is 1.68. The molecule has 0 saturated carbocycles. The Kier molecular flexibility index (Phi) is 10.9. The van der Waals surface area contributed by atoms with Crippen LogP contribution in [-0.2, 0) is 0 Å². The van der Waals surface area contributed by atoms with Crippen LogP contribution in [0, 0.1) is 0 Å². The lowest BCUT2D eigenvalue weighted by Gasteiger charge is -1.97. The van der Waals surface area contributed by atoms with Crippen molar-refractivity contribution in [3.8, 4) is 0 Å². The van der Waals surface area contributed by atoms with Crippen molar-refractivity contribution in [1.29, 1.82) is 0 Å². The first-order valence-corrected chi connectivity index (χ1v) is 6.08. The van der Waals surface area contributed by atoms with E-state index in [0.717, 1.165) is 28.9 Å². The number of thioether (sulfide) groups is 2. The molecule has 0 radical (unpaired) electrons. The molecule has 0 saturated heterocycles.